The van der Waals surface area contributed by atoms with Gasteiger partial charge in [0.25, 0.3) is 0 Å². The van der Waals surface area contributed by atoms with E-state index < -0.39 is 11.9 Å². The van der Waals surface area contributed by atoms with E-state index in [0.717, 1.165) is 27.8 Å². The molecule has 0 saturated heterocycles. The van der Waals surface area contributed by atoms with Crippen molar-refractivity contribution in [2.45, 2.75) is 32.8 Å². The molecule has 0 radical (unpaired) electrons. The summed E-state index contributed by atoms with van der Waals surface area (Å²) in [6.45, 7) is 4.90. The van der Waals surface area contributed by atoms with Gasteiger partial charge in [-0.15, -0.1) is 11.3 Å². The minimum absolute atomic E-state index is 0.161. The van der Waals surface area contributed by atoms with E-state index in [9.17, 15) is 13.2 Å². The normalized spacial score (nSPS) is 12.2. The number of nitrogens with zero attached hydrogens (tertiary/aromatic N) is 2. The Hall–Kier alpha value is -2.17. The minimum atomic E-state index is -4.42. The first-order valence-electron chi connectivity index (χ1n) is 9.11. The fraction of sp³-hybridized carbons (Fsp3) is 0.474. The van der Waals surface area contributed by atoms with Gasteiger partial charge in [0, 0.05) is 25.6 Å². The molecule has 0 aliphatic rings. The summed E-state index contributed by atoms with van der Waals surface area (Å²) >= 11 is 0.958. The molecule has 1 aromatic carbocycles. The molecule has 0 unspecified atom stereocenters. The third-order valence-corrected chi connectivity index (χ3v) is 4.62. The largest absolute Gasteiger partial charge is 0.434 e. The van der Waals surface area contributed by atoms with Crippen LogP contribution in [0.25, 0.3) is 0 Å². The lowest BCUT2D eigenvalue weighted by molar-refractivity contribution is -0.140. The van der Waals surface area contributed by atoms with E-state index in [0.29, 0.717) is 43.9 Å². The maximum atomic E-state index is 12.6. The number of halogens is 3. The molecule has 0 spiro atoms. The van der Waals surface area contributed by atoms with Crippen LogP contribution in [0.15, 0.2) is 34.6 Å². The maximum absolute atomic E-state index is 12.6. The Balaban J connectivity index is 1.78. The molecule has 6 nitrogen and oxygen atoms in total. The lowest BCUT2D eigenvalue weighted by Crippen LogP contribution is -2.36. The predicted octanol–water partition coefficient (Wildman–Crippen LogP) is 3.58. The van der Waals surface area contributed by atoms with Crippen molar-refractivity contribution >= 4 is 17.3 Å². The molecule has 1 aromatic heterocycles. The molecule has 0 bridgehead atoms. The van der Waals surface area contributed by atoms with Gasteiger partial charge in [-0.3, -0.25) is 4.99 Å². The van der Waals surface area contributed by atoms with E-state index in [2.05, 4.69) is 20.6 Å². The van der Waals surface area contributed by atoms with E-state index in [4.69, 9.17) is 9.47 Å². The van der Waals surface area contributed by atoms with E-state index in [1.54, 1.807) is 7.05 Å². The molecule has 1 heterocycles. The van der Waals surface area contributed by atoms with Crippen LogP contribution in [-0.4, -0.2) is 37.8 Å². The van der Waals surface area contributed by atoms with Crippen LogP contribution < -0.4 is 10.6 Å². The van der Waals surface area contributed by atoms with Crippen LogP contribution in [-0.2, 0) is 35.3 Å². The van der Waals surface area contributed by atoms with Gasteiger partial charge in [0.2, 0.25) is 0 Å². The number of aliphatic imine (C=N–C) groups is 1. The van der Waals surface area contributed by atoms with Crippen molar-refractivity contribution in [3.63, 3.8) is 0 Å². The first-order chi connectivity index (χ1) is 13.9. The average Bonchev–Trinajstić information content (AvgIpc) is 3.18. The van der Waals surface area contributed by atoms with Crippen molar-refractivity contribution in [2.24, 2.45) is 4.99 Å². The lowest BCUT2D eigenvalue weighted by atomic mass is 10.1. The second-order valence-corrected chi connectivity index (χ2v) is 6.92. The van der Waals surface area contributed by atoms with Crippen LogP contribution in [0.4, 0.5) is 13.2 Å². The number of nitrogens with one attached hydrogen (secondary N) is 2. The third-order valence-electron chi connectivity index (χ3n) is 3.77. The third kappa shape index (κ3) is 8.38. The van der Waals surface area contributed by atoms with Crippen LogP contribution in [0, 0.1) is 0 Å². The SMILES string of the molecule is CCOCCOCc1cccc(CNC(=NC)NCc2nc(C(F)(F)F)cs2)c1. The zero-order valence-electron chi connectivity index (χ0n) is 16.4. The Labute approximate surface area is 172 Å². The molecule has 160 valence electrons. The van der Waals surface area contributed by atoms with Gasteiger partial charge >= 0.3 is 6.18 Å². The quantitative estimate of drug-likeness (QED) is 0.343. The van der Waals surface area contributed by atoms with E-state index >= 15 is 0 Å². The topological polar surface area (TPSA) is 67.8 Å². The molecule has 2 rings (SSSR count). The molecule has 2 N–H and O–H groups in total. The number of ether oxygens (including phenoxy) is 2. The Bertz CT molecular complexity index is 781. The molecule has 0 aliphatic carbocycles. The standard InChI is InChI=1S/C19H25F3N4O2S/c1-3-27-7-8-28-12-15-6-4-5-14(9-15)10-24-18(23-2)25-11-17-26-16(13-29-17)19(20,21)22/h4-6,9,13H,3,7-8,10-12H2,1-2H3,(H2,23,24,25). The first kappa shape index (κ1) is 23.1. The molecule has 2 aromatic rings. The second kappa shape index (κ2) is 11.7. The van der Waals surface area contributed by atoms with Gasteiger partial charge in [0.1, 0.15) is 5.01 Å². The van der Waals surface area contributed by atoms with Crippen molar-refractivity contribution in [3.8, 4) is 0 Å². The van der Waals surface area contributed by atoms with Crippen LogP contribution >= 0.6 is 11.3 Å². The summed E-state index contributed by atoms with van der Waals surface area (Å²) in [7, 11) is 1.60. The zero-order valence-corrected chi connectivity index (χ0v) is 17.2. The number of aromatic nitrogens is 1. The molecule has 10 heteroatoms. The van der Waals surface area contributed by atoms with Crippen LogP contribution in [0.1, 0.15) is 28.8 Å². The van der Waals surface area contributed by atoms with Gasteiger partial charge in [0.15, 0.2) is 11.7 Å². The number of hydrogen-bond donors (Lipinski definition) is 2. The second-order valence-electron chi connectivity index (χ2n) is 5.97. The fourth-order valence-electron chi connectivity index (χ4n) is 2.37. The molecule has 0 fully saturated rings. The predicted molar refractivity (Wildman–Crippen MR) is 107 cm³/mol. The number of benzene rings is 1. The minimum Gasteiger partial charge on any atom is -0.379 e. The number of rotatable bonds is 10. The highest BCUT2D eigenvalue weighted by Crippen LogP contribution is 2.29. The summed E-state index contributed by atoms with van der Waals surface area (Å²) in [6.07, 6.45) is -4.42. The Morgan fingerprint density at radius 1 is 1.14 bits per heavy atom. The highest BCUT2D eigenvalue weighted by atomic mass is 32.1. The van der Waals surface area contributed by atoms with E-state index in [1.165, 1.54) is 0 Å². The molecule has 0 aliphatic heterocycles. The summed E-state index contributed by atoms with van der Waals surface area (Å²) in [6, 6.07) is 7.93. The van der Waals surface area contributed by atoms with E-state index in [1.807, 2.05) is 31.2 Å². The first-order valence-corrected chi connectivity index (χ1v) is 9.99. The number of hydrogen-bond acceptors (Lipinski definition) is 5. The Kier molecular flexibility index (Phi) is 9.36. The molecule has 0 amide bonds. The van der Waals surface area contributed by atoms with Gasteiger partial charge in [-0.1, -0.05) is 24.3 Å². The van der Waals surface area contributed by atoms with Crippen LogP contribution in [0.5, 0.6) is 0 Å². The van der Waals surface area contributed by atoms with Crippen molar-refractivity contribution < 1.29 is 22.6 Å². The molecule has 0 atom stereocenters. The summed E-state index contributed by atoms with van der Waals surface area (Å²) in [4.78, 5) is 7.67. The summed E-state index contributed by atoms with van der Waals surface area (Å²) in [5.41, 5.74) is 1.21. The number of alkyl halides is 3. The van der Waals surface area contributed by atoms with Crippen molar-refractivity contribution in [1.82, 2.24) is 15.6 Å². The summed E-state index contributed by atoms with van der Waals surface area (Å²) in [5.74, 6) is 0.479. The number of thiazole rings is 1. The van der Waals surface area contributed by atoms with Gasteiger partial charge in [-0.2, -0.15) is 13.2 Å². The monoisotopic (exact) mass is 430 g/mol. The number of guanidine groups is 1. The molecule has 29 heavy (non-hydrogen) atoms. The van der Waals surface area contributed by atoms with Crippen molar-refractivity contribution in [3.05, 3.63) is 51.5 Å². The maximum Gasteiger partial charge on any atom is 0.434 e. The van der Waals surface area contributed by atoms with Gasteiger partial charge < -0.3 is 20.1 Å². The average molecular weight is 430 g/mol. The van der Waals surface area contributed by atoms with Crippen LogP contribution in [0.2, 0.25) is 0 Å². The molecule has 0 saturated carbocycles. The van der Waals surface area contributed by atoms with Gasteiger partial charge in [-0.05, 0) is 18.1 Å². The summed E-state index contributed by atoms with van der Waals surface area (Å²) in [5, 5.41) is 7.46. The summed E-state index contributed by atoms with van der Waals surface area (Å²) < 4.78 is 48.6. The van der Waals surface area contributed by atoms with E-state index in [-0.39, 0.29) is 6.54 Å². The lowest BCUT2D eigenvalue weighted by Gasteiger charge is -2.12. The Morgan fingerprint density at radius 2 is 1.86 bits per heavy atom. The van der Waals surface area contributed by atoms with Gasteiger partial charge in [0.05, 0.1) is 26.4 Å². The van der Waals surface area contributed by atoms with Crippen LogP contribution in [0.3, 0.4) is 0 Å². The van der Waals surface area contributed by atoms with Crippen molar-refractivity contribution in [1.29, 1.82) is 0 Å². The smallest absolute Gasteiger partial charge is 0.379 e. The Morgan fingerprint density at radius 3 is 2.55 bits per heavy atom. The van der Waals surface area contributed by atoms with Gasteiger partial charge in [-0.25, -0.2) is 4.98 Å². The highest BCUT2D eigenvalue weighted by molar-refractivity contribution is 7.09. The molecular weight excluding hydrogens is 405 g/mol. The molecular formula is C19H25F3N4O2S. The zero-order chi connectivity index (χ0) is 21.1. The highest BCUT2D eigenvalue weighted by Gasteiger charge is 2.33. The van der Waals surface area contributed by atoms with Crippen molar-refractivity contribution in [2.75, 3.05) is 26.9 Å². The fourth-order valence-corrected chi connectivity index (χ4v) is 3.11.